The van der Waals surface area contributed by atoms with E-state index in [4.69, 9.17) is 16.3 Å². The summed E-state index contributed by atoms with van der Waals surface area (Å²) in [6, 6.07) is 10.0. The van der Waals surface area contributed by atoms with Crippen molar-refractivity contribution in [1.29, 1.82) is 0 Å². The standard InChI is InChI=1S/C18H18ClNO4S/c1-11-3-5-15(25(2,22)23)9-16(11)20-18(21)13-7-12-8-14(19)4-6-17(12)24-10-13/h3-6,8-9,13H,7,10H2,1-2H3,(H,20,21)/t13-/m1/s1. The molecule has 5 nitrogen and oxygen atoms in total. The molecule has 0 fully saturated rings. The molecule has 2 aromatic rings. The Labute approximate surface area is 151 Å². The number of halogens is 1. The van der Waals surface area contributed by atoms with Crippen molar-refractivity contribution in [3.05, 3.63) is 52.5 Å². The fourth-order valence-corrected chi connectivity index (χ4v) is 3.57. The molecule has 25 heavy (non-hydrogen) atoms. The van der Waals surface area contributed by atoms with Gasteiger partial charge in [-0.25, -0.2) is 8.42 Å². The Kier molecular flexibility index (Phi) is 4.75. The molecule has 1 atom stereocenters. The second-order valence-electron chi connectivity index (χ2n) is 6.20. The minimum Gasteiger partial charge on any atom is -0.492 e. The van der Waals surface area contributed by atoms with Gasteiger partial charge in [0, 0.05) is 17.0 Å². The van der Waals surface area contributed by atoms with Crippen LogP contribution in [0.4, 0.5) is 5.69 Å². The van der Waals surface area contributed by atoms with Gasteiger partial charge in [-0.2, -0.15) is 0 Å². The first-order chi connectivity index (χ1) is 11.7. The summed E-state index contributed by atoms with van der Waals surface area (Å²) in [6.07, 6.45) is 1.66. The van der Waals surface area contributed by atoms with E-state index in [0.29, 0.717) is 17.1 Å². The van der Waals surface area contributed by atoms with Crippen molar-refractivity contribution >= 4 is 33.0 Å². The summed E-state index contributed by atoms with van der Waals surface area (Å²) in [7, 11) is -3.34. The molecule has 0 unspecified atom stereocenters. The van der Waals surface area contributed by atoms with Gasteiger partial charge in [0.2, 0.25) is 5.91 Å². The molecule has 0 saturated carbocycles. The van der Waals surface area contributed by atoms with Crippen LogP contribution in [-0.4, -0.2) is 27.2 Å². The zero-order valence-electron chi connectivity index (χ0n) is 13.9. The van der Waals surface area contributed by atoms with E-state index in [1.807, 2.05) is 6.92 Å². The fraction of sp³-hybridized carbons (Fsp3) is 0.278. The maximum Gasteiger partial charge on any atom is 0.231 e. The van der Waals surface area contributed by atoms with E-state index >= 15 is 0 Å². The molecule has 0 bridgehead atoms. The van der Waals surface area contributed by atoms with Gasteiger partial charge in [0.25, 0.3) is 0 Å². The van der Waals surface area contributed by atoms with Crippen molar-refractivity contribution in [2.45, 2.75) is 18.2 Å². The monoisotopic (exact) mass is 379 g/mol. The Morgan fingerprint density at radius 1 is 1.24 bits per heavy atom. The number of sulfone groups is 1. The molecule has 1 N–H and O–H groups in total. The van der Waals surface area contributed by atoms with Crippen LogP contribution in [0.2, 0.25) is 5.02 Å². The lowest BCUT2D eigenvalue weighted by Gasteiger charge is -2.25. The number of ether oxygens (including phenoxy) is 1. The predicted octanol–water partition coefficient (Wildman–Crippen LogP) is 3.24. The zero-order valence-corrected chi connectivity index (χ0v) is 15.4. The highest BCUT2D eigenvalue weighted by Crippen LogP contribution is 2.30. The lowest BCUT2D eigenvalue weighted by Crippen LogP contribution is -2.32. The summed E-state index contributed by atoms with van der Waals surface area (Å²) in [5, 5.41) is 3.42. The second-order valence-corrected chi connectivity index (χ2v) is 8.65. The van der Waals surface area contributed by atoms with Gasteiger partial charge in [0.15, 0.2) is 9.84 Å². The molecule has 2 aromatic carbocycles. The molecule has 0 aromatic heterocycles. The highest BCUT2D eigenvalue weighted by atomic mass is 35.5. The first-order valence-electron chi connectivity index (χ1n) is 7.77. The molecule has 1 amide bonds. The van der Waals surface area contributed by atoms with Crippen molar-refractivity contribution in [2.75, 3.05) is 18.2 Å². The summed E-state index contributed by atoms with van der Waals surface area (Å²) < 4.78 is 29.1. The Bertz CT molecular complexity index is 940. The average Bonchev–Trinajstić information content (AvgIpc) is 2.55. The number of benzene rings is 2. The molecule has 0 saturated heterocycles. The van der Waals surface area contributed by atoms with Crippen molar-refractivity contribution in [3.63, 3.8) is 0 Å². The van der Waals surface area contributed by atoms with Gasteiger partial charge in [-0.1, -0.05) is 17.7 Å². The SMILES string of the molecule is Cc1ccc(S(C)(=O)=O)cc1NC(=O)[C@H]1COc2ccc(Cl)cc2C1. The van der Waals surface area contributed by atoms with Crippen LogP contribution in [0.3, 0.4) is 0 Å². The third-order valence-electron chi connectivity index (χ3n) is 4.19. The smallest absolute Gasteiger partial charge is 0.231 e. The molecule has 0 spiro atoms. The van der Waals surface area contributed by atoms with Crippen LogP contribution < -0.4 is 10.1 Å². The summed E-state index contributed by atoms with van der Waals surface area (Å²) >= 11 is 6.00. The number of aryl methyl sites for hydroxylation is 1. The molecular formula is C18H18ClNO4S. The number of amides is 1. The first kappa shape index (κ1) is 17.8. The Hall–Kier alpha value is -2.05. The maximum absolute atomic E-state index is 12.6. The van der Waals surface area contributed by atoms with E-state index in [1.54, 1.807) is 24.3 Å². The van der Waals surface area contributed by atoms with Crippen molar-refractivity contribution in [3.8, 4) is 5.75 Å². The minimum atomic E-state index is -3.34. The minimum absolute atomic E-state index is 0.172. The molecule has 7 heteroatoms. The highest BCUT2D eigenvalue weighted by Gasteiger charge is 2.26. The van der Waals surface area contributed by atoms with Gasteiger partial charge in [-0.05, 0) is 54.8 Å². The van der Waals surface area contributed by atoms with E-state index in [9.17, 15) is 13.2 Å². The number of nitrogens with one attached hydrogen (secondary N) is 1. The van der Waals surface area contributed by atoms with Crippen molar-refractivity contribution in [2.24, 2.45) is 5.92 Å². The Morgan fingerprint density at radius 3 is 2.72 bits per heavy atom. The zero-order chi connectivity index (χ0) is 18.2. The van der Waals surface area contributed by atoms with Gasteiger partial charge in [-0.15, -0.1) is 0 Å². The highest BCUT2D eigenvalue weighted by molar-refractivity contribution is 7.90. The van der Waals surface area contributed by atoms with Crippen LogP contribution in [-0.2, 0) is 21.1 Å². The number of fused-ring (bicyclic) bond motifs is 1. The van der Waals surface area contributed by atoms with Crippen LogP contribution in [0.1, 0.15) is 11.1 Å². The summed E-state index contributed by atoms with van der Waals surface area (Å²) in [4.78, 5) is 12.8. The van der Waals surface area contributed by atoms with Gasteiger partial charge in [0.1, 0.15) is 12.4 Å². The second kappa shape index (κ2) is 6.69. The van der Waals surface area contributed by atoms with Gasteiger partial charge in [0.05, 0.1) is 10.8 Å². The van der Waals surface area contributed by atoms with Crippen LogP contribution in [0, 0.1) is 12.8 Å². The van der Waals surface area contributed by atoms with Crippen LogP contribution in [0.25, 0.3) is 0 Å². The van der Waals surface area contributed by atoms with Crippen LogP contribution in [0.5, 0.6) is 5.75 Å². The molecule has 0 aliphatic carbocycles. The topological polar surface area (TPSA) is 72.5 Å². The summed E-state index contributed by atoms with van der Waals surface area (Å²) in [5.41, 5.74) is 2.17. The number of hydrogen-bond donors (Lipinski definition) is 1. The lowest BCUT2D eigenvalue weighted by molar-refractivity contribution is -0.121. The van der Waals surface area contributed by atoms with E-state index in [0.717, 1.165) is 23.1 Å². The lowest BCUT2D eigenvalue weighted by atomic mass is 9.96. The van der Waals surface area contributed by atoms with Crippen LogP contribution in [0.15, 0.2) is 41.3 Å². The number of anilines is 1. The number of carbonyl (C=O) groups excluding carboxylic acids is 1. The third kappa shape index (κ3) is 3.96. The van der Waals surface area contributed by atoms with E-state index < -0.39 is 9.84 Å². The van der Waals surface area contributed by atoms with E-state index in [2.05, 4.69) is 5.32 Å². The molecule has 0 radical (unpaired) electrons. The third-order valence-corrected chi connectivity index (χ3v) is 5.54. The molecule has 1 heterocycles. The normalized spacial score (nSPS) is 16.7. The van der Waals surface area contributed by atoms with Crippen molar-refractivity contribution < 1.29 is 17.9 Å². The Balaban J connectivity index is 1.79. The van der Waals surface area contributed by atoms with E-state index in [-0.39, 0.29) is 23.3 Å². The summed E-state index contributed by atoms with van der Waals surface area (Å²) in [5.74, 6) is 0.162. The molecule has 1 aliphatic heterocycles. The average molecular weight is 380 g/mol. The first-order valence-corrected chi connectivity index (χ1v) is 10.0. The van der Waals surface area contributed by atoms with Gasteiger partial charge >= 0.3 is 0 Å². The number of carbonyl (C=O) groups is 1. The van der Waals surface area contributed by atoms with Gasteiger partial charge < -0.3 is 10.1 Å². The van der Waals surface area contributed by atoms with Crippen molar-refractivity contribution in [1.82, 2.24) is 0 Å². The van der Waals surface area contributed by atoms with E-state index in [1.165, 1.54) is 12.1 Å². The number of hydrogen-bond acceptors (Lipinski definition) is 4. The largest absolute Gasteiger partial charge is 0.492 e. The molecular weight excluding hydrogens is 362 g/mol. The fourth-order valence-electron chi connectivity index (χ4n) is 2.73. The maximum atomic E-state index is 12.6. The quantitative estimate of drug-likeness (QED) is 0.888. The summed E-state index contributed by atoms with van der Waals surface area (Å²) in [6.45, 7) is 2.08. The molecule has 1 aliphatic rings. The van der Waals surface area contributed by atoms with Gasteiger partial charge in [-0.3, -0.25) is 4.79 Å². The molecule has 3 rings (SSSR count). The molecule has 132 valence electrons. The Morgan fingerprint density at radius 2 is 2.00 bits per heavy atom. The van der Waals surface area contributed by atoms with Crippen LogP contribution >= 0.6 is 11.6 Å². The predicted molar refractivity (Wildman–Crippen MR) is 97.1 cm³/mol. The number of rotatable bonds is 3.